The molecule has 4 bridgehead atoms. The number of carbonyl (C=O) groups excluding carboxylic acids is 1. The van der Waals surface area contributed by atoms with Crippen molar-refractivity contribution in [1.29, 1.82) is 0 Å². The van der Waals surface area contributed by atoms with E-state index in [0.717, 1.165) is 49.2 Å². The second-order valence-corrected chi connectivity index (χ2v) is 9.94. The first-order chi connectivity index (χ1) is 13.2. The molecular formula is C25H29NO. The van der Waals surface area contributed by atoms with E-state index in [1.807, 2.05) is 0 Å². The number of likely N-dealkylation sites (tertiary alicyclic amines) is 1. The van der Waals surface area contributed by atoms with Gasteiger partial charge in [0.25, 0.3) is 5.91 Å². The number of benzene rings is 2. The Morgan fingerprint density at radius 1 is 0.889 bits per heavy atom. The second-order valence-electron chi connectivity index (χ2n) is 9.94. The highest BCUT2D eigenvalue weighted by Gasteiger charge is 2.52. The molecule has 0 N–H and O–H groups in total. The van der Waals surface area contributed by atoms with Crippen molar-refractivity contribution in [1.82, 2.24) is 4.90 Å². The van der Waals surface area contributed by atoms with E-state index >= 15 is 0 Å². The van der Waals surface area contributed by atoms with Crippen molar-refractivity contribution in [2.24, 2.45) is 17.8 Å². The minimum absolute atomic E-state index is 0.254. The maximum atomic E-state index is 13.2. The van der Waals surface area contributed by atoms with Crippen LogP contribution in [-0.4, -0.2) is 23.9 Å². The van der Waals surface area contributed by atoms with Crippen molar-refractivity contribution < 1.29 is 4.79 Å². The minimum Gasteiger partial charge on any atom is -0.339 e. The van der Waals surface area contributed by atoms with Crippen LogP contribution in [0.1, 0.15) is 67.3 Å². The summed E-state index contributed by atoms with van der Waals surface area (Å²) in [4.78, 5) is 15.3. The summed E-state index contributed by atoms with van der Waals surface area (Å²) in [6.45, 7) is 1.86. The van der Waals surface area contributed by atoms with Crippen LogP contribution in [0.5, 0.6) is 0 Å². The van der Waals surface area contributed by atoms with E-state index in [0.29, 0.717) is 5.41 Å². The number of hydrogen-bond donors (Lipinski definition) is 0. The molecule has 2 heteroatoms. The first-order valence-electron chi connectivity index (χ1n) is 11.0. The van der Waals surface area contributed by atoms with Crippen molar-refractivity contribution in [3.63, 3.8) is 0 Å². The molecular weight excluding hydrogens is 330 g/mol. The lowest BCUT2D eigenvalue weighted by Gasteiger charge is -2.57. The summed E-state index contributed by atoms with van der Waals surface area (Å²) >= 11 is 0. The summed E-state index contributed by atoms with van der Waals surface area (Å²) in [5, 5.41) is 2.66. The van der Waals surface area contributed by atoms with Gasteiger partial charge in [0.2, 0.25) is 0 Å². The molecule has 140 valence electrons. The summed E-state index contributed by atoms with van der Waals surface area (Å²) in [5.74, 6) is 3.03. The Hall–Kier alpha value is -1.83. The quantitative estimate of drug-likeness (QED) is 0.689. The maximum absolute atomic E-state index is 13.2. The van der Waals surface area contributed by atoms with Crippen LogP contribution < -0.4 is 0 Å². The standard InChI is InChI=1S/C25H29NO/c27-24(26-7-3-4-8-26)21-12-20-5-1-2-6-22(20)23(13-21)25-14-17-9-18(15-25)11-19(10-17)16-25/h1-2,5-6,12-13,17-19H,3-4,7-11,14-16H2. The van der Waals surface area contributed by atoms with Gasteiger partial charge in [0.1, 0.15) is 0 Å². The highest BCUT2D eigenvalue weighted by molar-refractivity contribution is 6.00. The third kappa shape index (κ3) is 2.48. The van der Waals surface area contributed by atoms with Crippen molar-refractivity contribution in [3.05, 3.63) is 47.5 Å². The zero-order valence-corrected chi connectivity index (χ0v) is 16.1. The Morgan fingerprint density at radius 3 is 2.19 bits per heavy atom. The molecule has 2 nitrogen and oxygen atoms in total. The number of hydrogen-bond acceptors (Lipinski definition) is 1. The van der Waals surface area contributed by atoms with Crippen LogP contribution in [0.4, 0.5) is 0 Å². The van der Waals surface area contributed by atoms with Crippen LogP contribution in [0, 0.1) is 17.8 Å². The van der Waals surface area contributed by atoms with Gasteiger partial charge < -0.3 is 4.90 Å². The van der Waals surface area contributed by atoms with E-state index in [9.17, 15) is 4.79 Å². The predicted molar refractivity (Wildman–Crippen MR) is 109 cm³/mol. The smallest absolute Gasteiger partial charge is 0.253 e. The molecule has 4 saturated carbocycles. The summed E-state index contributed by atoms with van der Waals surface area (Å²) < 4.78 is 0. The van der Waals surface area contributed by atoms with E-state index in [1.165, 1.54) is 54.9 Å². The van der Waals surface area contributed by atoms with Crippen LogP contribution in [0.25, 0.3) is 10.8 Å². The molecule has 5 fully saturated rings. The zero-order valence-electron chi connectivity index (χ0n) is 16.1. The Balaban J connectivity index is 1.50. The number of rotatable bonds is 2. The van der Waals surface area contributed by atoms with Gasteiger partial charge in [-0.25, -0.2) is 0 Å². The maximum Gasteiger partial charge on any atom is 0.253 e. The highest BCUT2D eigenvalue weighted by Crippen LogP contribution is 2.61. The van der Waals surface area contributed by atoms with Crippen LogP contribution in [-0.2, 0) is 5.41 Å². The largest absolute Gasteiger partial charge is 0.339 e. The average Bonchev–Trinajstić information content (AvgIpc) is 3.20. The molecule has 4 aliphatic carbocycles. The lowest BCUT2D eigenvalue weighted by molar-refractivity contribution is -0.00451. The third-order valence-corrected chi connectivity index (χ3v) is 8.11. The minimum atomic E-state index is 0.254. The van der Waals surface area contributed by atoms with Gasteiger partial charge in [-0.2, -0.15) is 0 Å². The summed E-state index contributed by atoms with van der Waals surface area (Å²) in [6.07, 6.45) is 10.7. The van der Waals surface area contributed by atoms with Gasteiger partial charge in [0.05, 0.1) is 0 Å². The van der Waals surface area contributed by atoms with Gasteiger partial charge in [-0.05, 0) is 103 Å². The van der Waals surface area contributed by atoms with Crippen LogP contribution in [0.3, 0.4) is 0 Å². The van der Waals surface area contributed by atoms with Crippen LogP contribution in [0.15, 0.2) is 36.4 Å². The molecule has 2 aromatic rings. The van der Waals surface area contributed by atoms with Crippen molar-refractivity contribution in [3.8, 4) is 0 Å². The molecule has 0 atom stereocenters. The number of carbonyl (C=O) groups is 1. The zero-order chi connectivity index (χ0) is 18.0. The van der Waals surface area contributed by atoms with Gasteiger partial charge in [-0.1, -0.05) is 24.3 Å². The molecule has 0 radical (unpaired) electrons. The van der Waals surface area contributed by atoms with Crippen molar-refractivity contribution >= 4 is 16.7 Å². The number of amides is 1. The summed E-state index contributed by atoms with van der Waals surface area (Å²) in [6, 6.07) is 13.3. The number of fused-ring (bicyclic) bond motifs is 1. The van der Waals surface area contributed by atoms with Gasteiger partial charge in [-0.3, -0.25) is 4.79 Å². The van der Waals surface area contributed by atoms with Crippen molar-refractivity contribution in [2.45, 2.75) is 56.8 Å². The van der Waals surface area contributed by atoms with Gasteiger partial charge in [0, 0.05) is 18.7 Å². The first-order valence-corrected chi connectivity index (χ1v) is 11.0. The van der Waals surface area contributed by atoms with E-state index in [1.54, 1.807) is 0 Å². The molecule has 1 amide bonds. The van der Waals surface area contributed by atoms with E-state index in [-0.39, 0.29) is 5.91 Å². The molecule has 1 aliphatic heterocycles. The van der Waals surface area contributed by atoms with Gasteiger partial charge >= 0.3 is 0 Å². The molecule has 0 unspecified atom stereocenters. The van der Waals surface area contributed by atoms with Crippen molar-refractivity contribution in [2.75, 3.05) is 13.1 Å². The van der Waals surface area contributed by atoms with Gasteiger partial charge in [-0.15, -0.1) is 0 Å². The van der Waals surface area contributed by atoms with E-state index < -0.39 is 0 Å². The lowest BCUT2D eigenvalue weighted by atomic mass is 9.47. The van der Waals surface area contributed by atoms with E-state index in [2.05, 4.69) is 41.3 Å². The number of nitrogens with zero attached hydrogens (tertiary/aromatic N) is 1. The predicted octanol–water partition coefficient (Wildman–Crippen LogP) is 5.54. The molecule has 0 spiro atoms. The highest BCUT2D eigenvalue weighted by atomic mass is 16.2. The molecule has 7 rings (SSSR count). The van der Waals surface area contributed by atoms with Crippen LogP contribution >= 0.6 is 0 Å². The fraction of sp³-hybridized carbons (Fsp3) is 0.560. The SMILES string of the molecule is O=C(c1cc(C23CC4CC(CC(C4)C2)C3)c2ccccc2c1)N1CCCC1. The summed E-state index contributed by atoms with van der Waals surface area (Å²) in [7, 11) is 0. The normalized spacial score (nSPS) is 34.5. The Kier molecular flexibility index (Phi) is 3.49. The fourth-order valence-electron chi connectivity index (χ4n) is 7.42. The molecule has 1 heterocycles. The molecule has 2 aromatic carbocycles. The Morgan fingerprint density at radius 2 is 1.52 bits per heavy atom. The lowest BCUT2D eigenvalue weighted by Crippen LogP contribution is -2.48. The van der Waals surface area contributed by atoms with Crippen LogP contribution in [0.2, 0.25) is 0 Å². The Bertz CT molecular complexity index is 872. The van der Waals surface area contributed by atoms with Gasteiger partial charge in [0.15, 0.2) is 0 Å². The molecule has 0 aromatic heterocycles. The Labute approximate surface area is 161 Å². The summed E-state index contributed by atoms with van der Waals surface area (Å²) in [5.41, 5.74) is 2.76. The topological polar surface area (TPSA) is 20.3 Å². The second kappa shape index (κ2) is 5.83. The monoisotopic (exact) mass is 359 g/mol. The average molecular weight is 360 g/mol. The molecule has 27 heavy (non-hydrogen) atoms. The third-order valence-electron chi connectivity index (χ3n) is 8.11. The first kappa shape index (κ1) is 16.2. The fourth-order valence-corrected chi connectivity index (χ4v) is 7.42. The molecule has 5 aliphatic rings. The van der Waals surface area contributed by atoms with E-state index in [4.69, 9.17) is 0 Å². The molecule has 1 saturated heterocycles.